The van der Waals surface area contributed by atoms with E-state index in [0.29, 0.717) is 17.1 Å². The molecule has 0 bridgehead atoms. The van der Waals surface area contributed by atoms with E-state index in [2.05, 4.69) is 31.4 Å². The van der Waals surface area contributed by atoms with Gasteiger partial charge in [-0.05, 0) is 49.8 Å². The summed E-state index contributed by atoms with van der Waals surface area (Å²) in [5, 5.41) is 10.5. The first-order chi connectivity index (χ1) is 11.0. The first-order valence-corrected chi connectivity index (χ1v) is 8.31. The van der Waals surface area contributed by atoms with Crippen molar-refractivity contribution in [2.75, 3.05) is 0 Å². The predicted octanol–water partition coefficient (Wildman–Crippen LogP) is 3.71. The lowest BCUT2D eigenvalue weighted by Gasteiger charge is -2.04. The molecule has 0 unspecified atom stereocenters. The number of fused-ring (bicyclic) bond motifs is 1. The lowest BCUT2D eigenvalue weighted by molar-refractivity contribution is 0.0924. The van der Waals surface area contributed by atoms with Crippen LogP contribution in [0.15, 0.2) is 27.1 Å². The van der Waals surface area contributed by atoms with E-state index in [9.17, 15) is 4.79 Å². The lowest BCUT2D eigenvalue weighted by atomic mass is 10.2. The number of furan rings is 1. The van der Waals surface area contributed by atoms with Crippen LogP contribution in [0, 0.1) is 11.7 Å². The number of carbonyl (C=O) groups is 1. The second-order valence-corrected chi connectivity index (χ2v) is 6.43. The largest absolute Gasteiger partial charge is 0.451 e. The van der Waals surface area contributed by atoms with E-state index in [-0.39, 0.29) is 18.2 Å². The summed E-state index contributed by atoms with van der Waals surface area (Å²) in [5.41, 5.74) is 1.69. The van der Waals surface area contributed by atoms with Crippen LogP contribution in [0.1, 0.15) is 28.9 Å². The number of hydrogen-bond donors (Lipinski definition) is 2. The molecular formula is C15H15BrN4O2S. The van der Waals surface area contributed by atoms with Gasteiger partial charge >= 0.3 is 0 Å². The van der Waals surface area contributed by atoms with Gasteiger partial charge in [-0.2, -0.15) is 5.10 Å². The molecule has 2 aromatic heterocycles. The highest BCUT2D eigenvalue weighted by atomic mass is 79.9. The SMILES string of the molecule is CCn1c(CNC(=O)c2cc3cc(Br)cc(C)c3o2)n[nH]c1=S. The van der Waals surface area contributed by atoms with Gasteiger partial charge in [0.15, 0.2) is 16.4 Å². The van der Waals surface area contributed by atoms with Crippen LogP contribution in [0.4, 0.5) is 0 Å². The summed E-state index contributed by atoms with van der Waals surface area (Å²) in [6, 6.07) is 5.61. The second-order valence-electron chi connectivity index (χ2n) is 5.12. The molecule has 2 heterocycles. The molecular weight excluding hydrogens is 380 g/mol. The molecule has 0 fully saturated rings. The van der Waals surface area contributed by atoms with Crippen molar-refractivity contribution < 1.29 is 9.21 Å². The number of aryl methyl sites for hydroxylation is 1. The van der Waals surface area contributed by atoms with Gasteiger partial charge < -0.3 is 14.3 Å². The van der Waals surface area contributed by atoms with Gasteiger partial charge in [0.1, 0.15) is 5.58 Å². The molecule has 1 aromatic carbocycles. The zero-order valence-electron chi connectivity index (χ0n) is 12.6. The average Bonchev–Trinajstić information content (AvgIpc) is 3.08. The molecule has 0 saturated carbocycles. The minimum Gasteiger partial charge on any atom is -0.451 e. The fraction of sp³-hybridized carbons (Fsp3) is 0.267. The number of H-pyrrole nitrogens is 1. The van der Waals surface area contributed by atoms with Crippen molar-refractivity contribution in [3.05, 3.63) is 44.6 Å². The van der Waals surface area contributed by atoms with Crippen LogP contribution in [0.5, 0.6) is 0 Å². The number of carbonyl (C=O) groups excluding carboxylic acids is 1. The van der Waals surface area contributed by atoms with E-state index in [1.165, 1.54) is 0 Å². The number of benzene rings is 1. The molecule has 6 nitrogen and oxygen atoms in total. The molecule has 0 atom stereocenters. The van der Waals surface area contributed by atoms with Gasteiger partial charge in [-0.25, -0.2) is 0 Å². The number of aromatic nitrogens is 3. The van der Waals surface area contributed by atoms with Gasteiger partial charge in [0.05, 0.1) is 6.54 Å². The third-order valence-corrected chi connectivity index (χ3v) is 4.32. The molecule has 0 saturated heterocycles. The summed E-state index contributed by atoms with van der Waals surface area (Å²) in [6.45, 7) is 4.88. The summed E-state index contributed by atoms with van der Waals surface area (Å²) in [7, 11) is 0. The van der Waals surface area contributed by atoms with E-state index < -0.39 is 0 Å². The van der Waals surface area contributed by atoms with Crippen LogP contribution in [-0.4, -0.2) is 20.7 Å². The van der Waals surface area contributed by atoms with Crippen molar-refractivity contribution in [2.45, 2.75) is 26.9 Å². The number of hydrogen-bond acceptors (Lipinski definition) is 4. The minimum atomic E-state index is -0.284. The molecule has 23 heavy (non-hydrogen) atoms. The zero-order valence-corrected chi connectivity index (χ0v) is 15.0. The highest BCUT2D eigenvalue weighted by Crippen LogP contribution is 2.27. The minimum absolute atomic E-state index is 0.276. The Balaban J connectivity index is 1.81. The summed E-state index contributed by atoms with van der Waals surface area (Å²) >= 11 is 8.57. The topological polar surface area (TPSA) is 75.8 Å². The smallest absolute Gasteiger partial charge is 0.287 e. The molecule has 120 valence electrons. The fourth-order valence-electron chi connectivity index (χ4n) is 2.45. The van der Waals surface area contributed by atoms with Gasteiger partial charge in [-0.3, -0.25) is 9.89 Å². The first-order valence-electron chi connectivity index (χ1n) is 7.11. The Kier molecular flexibility index (Phi) is 4.36. The predicted molar refractivity (Wildman–Crippen MR) is 92.9 cm³/mol. The maximum atomic E-state index is 12.3. The van der Waals surface area contributed by atoms with Crippen LogP contribution >= 0.6 is 28.1 Å². The molecule has 3 rings (SSSR count). The summed E-state index contributed by atoms with van der Waals surface area (Å²) in [6.07, 6.45) is 0. The van der Waals surface area contributed by atoms with Gasteiger partial charge in [0, 0.05) is 16.4 Å². The Bertz CT molecular complexity index is 941. The van der Waals surface area contributed by atoms with Crippen LogP contribution in [0.3, 0.4) is 0 Å². The highest BCUT2D eigenvalue weighted by molar-refractivity contribution is 9.10. The Hall–Kier alpha value is -1.93. The third kappa shape index (κ3) is 3.09. The Morgan fingerprint density at radius 2 is 2.26 bits per heavy atom. The number of aromatic amines is 1. The van der Waals surface area contributed by atoms with Crippen molar-refractivity contribution in [2.24, 2.45) is 0 Å². The van der Waals surface area contributed by atoms with E-state index >= 15 is 0 Å². The van der Waals surface area contributed by atoms with Crippen LogP contribution < -0.4 is 5.32 Å². The number of amides is 1. The summed E-state index contributed by atoms with van der Waals surface area (Å²) < 4.78 is 9.00. The fourth-order valence-corrected chi connectivity index (χ4v) is 3.32. The van der Waals surface area contributed by atoms with Crippen molar-refractivity contribution >= 4 is 45.0 Å². The molecule has 0 spiro atoms. The van der Waals surface area contributed by atoms with Gasteiger partial charge in [0.25, 0.3) is 5.91 Å². The second kappa shape index (κ2) is 6.29. The Labute approximate surface area is 146 Å². The molecule has 0 aliphatic rings. The first kappa shape index (κ1) is 15.9. The monoisotopic (exact) mass is 394 g/mol. The van der Waals surface area contributed by atoms with Gasteiger partial charge in [-0.15, -0.1) is 0 Å². The van der Waals surface area contributed by atoms with E-state index in [1.807, 2.05) is 30.5 Å². The average molecular weight is 395 g/mol. The number of rotatable bonds is 4. The molecule has 8 heteroatoms. The lowest BCUT2D eigenvalue weighted by Crippen LogP contribution is -2.24. The van der Waals surface area contributed by atoms with Crippen molar-refractivity contribution in [3.8, 4) is 0 Å². The Morgan fingerprint density at radius 3 is 3.00 bits per heavy atom. The number of nitrogens with zero attached hydrogens (tertiary/aromatic N) is 2. The normalized spacial score (nSPS) is 11.1. The summed E-state index contributed by atoms with van der Waals surface area (Å²) in [4.78, 5) is 12.3. The van der Waals surface area contributed by atoms with Crippen LogP contribution in [0.25, 0.3) is 11.0 Å². The Morgan fingerprint density at radius 1 is 1.48 bits per heavy atom. The summed E-state index contributed by atoms with van der Waals surface area (Å²) in [5.74, 6) is 0.674. The molecule has 0 aliphatic carbocycles. The van der Waals surface area contributed by atoms with E-state index in [0.717, 1.165) is 21.0 Å². The standard InChI is InChI=1S/C15H15BrN4O2S/c1-3-20-12(18-19-15(20)23)7-17-14(21)11-6-9-5-10(16)4-8(2)13(9)22-11/h4-6H,3,7H2,1-2H3,(H,17,21)(H,19,23). The van der Waals surface area contributed by atoms with E-state index in [1.54, 1.807) is 6.07 Å². The van der Waals surface area contributed by atoms with E-state index in [4.69, 9.17) is 16.6 Å². The molecule has 2 N–H and O–H groups in total. The molecule has 3 aromatic rings. The van der Waals surface area contributed by atoms with Gasteiger partial charge in [0.2, 0.25) is 0 Å². The van der Waals surface area contributed by atoms with Crippen LogP contribution in [0.2, 0.25) is 0 Å². The number of halogens is 1. The maximum Gasteiger partial charge on any atom is 0.287 e. The van der Waals surface area contributed by atoms with Crippen molar-refractivity contribution in [1.82, 2.24) is 20.1 Å². The molecule has 1 amide bonds. The van der Waals surface area contributed by atoms with Crippen molar-refractivity contribution in [3.63, 3.8) is 0 Å². The van der Waals surface area contributed by atoms with Crippen LogP contribution in [-0.2, 0) is 13.1 Å². The molecule has 0 radical (unpaired) electrons. The zero-order chi connectivity index (χ0) is 16.6. The number of nitrogens with one attached hydrogen (secondary N) is 2. The quantitative estimate of drug-likeness (QED) is 0.661. The highest BCUT2D eigenvalue weighted by Gasteiger charge is 2.15. The maximum absolute atomic E-state index is 12.3. The van der Waals surface area contributed by atoms with Crippen molar-refractivity contribution in [1.29, 1.82) is 0 Å². The third-order valence-electron chi connectivity index (χ3n) is 3.55. The van der Waals surface area contributed by atoms with Gasteiger partial charge in [-0.1, -0.05) is 15.9 Å². The molecule has 0 aliphatic heterocycles.